The third-order valence-electron chi connectivity index (χ3n) is 6.17. The molecule has 1 saturated carbocycles. The van der Waals surface area contributed by atoms with Crippen molar-refractivity contribution in [3.05, 3.63) is 35.7 Å². The molecule has 1 aromatic carbocycles. The summed E-state index contributed by atoms with van der Waals surface area (Å²) >= 11 is 0. The first kappa shape index (κ1) is 18.2. The van der Waals surface area contributed by atoms with Gasteiger partial charge in [0.25, 0.3) is 5.89 Å². The van der Waals surface area contributed by atoms with Gasteiger partial charge in [-0.1, -0.05) is 37.1 Å². The zero-order valence-electron chi connectivity index (χ0n) is 16.0. The second kappa shape index (κ2) is 7.80. The van der Waals surface area contributed by atoms with Crippen LogP contribution in [-0.2, 0) is 17.6 Å². The molecule has 2 heterocycles. The van der Waals surface area contributed by atoms with Crippen LogP contribution in [0.5, 0.6) is 0 Å². The molecule has 27 heavy (non-hydrogen) atoms. The second-order valence-corrected chi connectivity index (χ2v) is 7.80. The van der Waals surface area contributed by atoms with Crippen LogP contribution in [0.1, 0.15) is 44.0 Å². The number of nitrogens with zero attached hydrogens (tertiary/aromatic N) is 2. The van der Waals surface area contributed by atoms with Crippen LogP contribution in [0.25, 0.3) is 11.5 Å². The van der Waals surface area contributed by atoms with E-state index in [0.717, 1.165) is 43.7 Å². The van der Waals surface area contributed by atoms with E-state index in [-0.39, 0.29) is 11.3 Å². The van der Waals surface area contributed by atoms with Crippen LogP contribution in [0.4, 0.5) is 0 Å². The number of carbonyl (C=O) groups is 1. The molecule has 2 N–H and O–H groups in total. The molecule has 1 aromatic heterocycles. The Balaban J connectivity index is 1.32. The summed E-state index contributed by atoms with van der Waals surface area (Å²) in [6, 6.07) is 8.13. The molecule has 2 fully saturated rings. The van der Waals surface area contributed by atoms with Gasteiger partial charge in [0.2, 0.25) is 5.91 Å². The van der Waals surface area contributed by atoms with Crippen LogP contribution in [0.15, 0.2) is 28.8 Å². The van der Waals surface area contributed by atoms with Crippen LogP contribution in [0, 0.1) is 11.3 Å². The van der Waals surface area contributed by atoms with Crippen molar-refractivity contribution in [2.24, 2.45) is 11.3 Å². The minimum Gasteiger partial charge on any atom is -0.355 e. The first-order chi connectivity index (χ1) is 13.2. The first-order valence-corrected chi connectivity index (χ1v) is 10.1. The van der Waals surface area contributed by atoms with Gasteiger partial charge in [-0.3, -0.25) is 4.79 Å². The molecule has 2 aliphatic rings. The van der Waals surface area contributed by atoms with Crippen molar-refractivity contribution in [3.63, 3.8) is 0 Å². The van der Waals surface area contributed by atoms with Crippen molar-refractivity contribution in [3.8, 4) is 11.5 Å². The molecule has 1 aliphatic heterocycles. The van der Waals surface area contributed by atoms with Crippen molar-refractivity contribution in [1.82, 2.24) is 20.8 Å². The summed E-state index contributed by atoms with van der Waals surface area (Å²) in [5, 5.41) is 10.6. The largest absolute Gasteiger partial charge is 0.355 e. The van der Waals surface area contributed by atoms with E-state index in [2.05, 4.69) is 32.9 Å². The van der Waals surface area contributed by atoms with E-state index in [1.807, 2.05) is 19.1 Å². The highest BCUT2D eigenvalue weighted by molar-refractivity contribution is 5.83. The standard InChI is InChI=1S/C21H28N4O2/c1-2-18-24-19(27-25-18)16-8-6-15(7-9-16)10-12-23-20(26)21-11-4-3-5-17(21)13-22-14-21/h6-9,17,22H,2-5,10-14H2,1H3,(H,23,26)/t17-,21+/m0/s1. The number of hydrogen-bond donors (Lipinski definition) is 2. The molecule has 0 radical (unpaired) electrons. The summed E-state index contributed by atoms with van der Waals surface area (Å²) in [5.41, 5.74) is 1.95. The Morgan fingerprint density at radius 2 is 2.19 bits per heavy atom. The fourth-order valence-corrected chi connectivity index (χ4v) is 4.52. The minimum atomic E-state index is -0.170. The number of amides is 1. The Kier molecular flexibility index (Phi) is 5.25. The zero-order chi connectivity index (χ0) is 18.7. The molecule has 6 heteroatoms. The number of aryl methyl sites for hydroxylation is 1. The summed E-state index contributed by atoms with van der Waals surface area (Å²) in [6.07, 6.45) is 6.21. The number of aromatic nitrogens is 2. The highest BCUT2D eigenvalue weighted by atomic mass is 16.5. The molecule has 2 aromatic rings. The summed E-state index contributed by atoms with van der Waals surface area (Å²) in [4.78, 5) is 17.2. The summed E-state index contributed by atoms with van der Waals surface area (Å²) < 4.78 is 5.28. The Morgan fingerprint density at radius 1 is 1.33 bits per heavy atom. The topological polar surface area (TPSA) is 80.0 Å². The Labute approximate surface area is 160 Å². The van der Waals surface area contributed by atoms with Gasteiger partial charge in [-0.05, 0) is 49.4 Å². The molecule has 2 atom stereocenters. The van der Waals surface area contributed by atoms with Gasteiger partial charge in [-0.25, -0.2) is 0 Å². The van der Waals surface area contributed by atoms with Crippen LogP contribution < -0.4 is 10.6 Å². The molecule has 144 valence electrons. The number of fused-ring (bicyclic) bond motifs is 1. The number of rotatable bonds is 6. The maximum Gasteiger partial charge on any atom is 0.257 e. The van der Waals surface area contributed by atoms with Crippen molar-refractivity contribution < 1.29 is 9.32 Å². The van der Waals surface area contributed by atoms with Crippen molar-refractivity contribution in [2.75, 3.05) is 19.6 Å². The van der Waals surface area contributed by atoms with Gasteiger partial charge >= 0.3 is 0 Å². The quantitative estimate of drug-likeness (QED) is 0.819. The smallest absolute Gasteiger partial charge is 0.257 e. The van der Waals surface area contributed by atoms with Gasteiger partial charge in [0.15, 0.2) is 5.82 Å². The van der Waals surface area contributed by atoms with E-state index < -0.39 is 0 Å². The molecule has 6 nitrogen and oxygen atoms in total. The molecular weight excluding hydrogens is 340 g/mol. The monoisotopic (exact) mass is 368 g/mol. The van der Waals surface area contributed by atoms with E-state index in [1.54, 1.807) is 0 Å². The maximum atomic E-state index is 12.9. The molecule has 0 unspecified atom stereocenters. The number of nitrogens with one attached hydrogen (secondary N) is 2. The van der Waals surface area contributed by atoms with Crippen LogP contribution >= 0.6 is 0 Å². The molecule has 0 spiro atoms. The Bertz CT molecular complexity index is 786. The van der Waals surface area contributed by atoms with Crippen molar-refractivity contribution in [1.29, 1.82) is 0 Å². The first-order valence-electron chi connectivity index (χ1n) is 10.1. The lowest BCUT2D eigenvalue weighted by atomic mass is 9.67. The van der Waals surface area contributed by atoms with E-state index in [0.29, 0.717) is 18.4 Å². The third-order valence-corrected chi connectivity index (χ3v) is 6.17. The summed E-state index contributed by atoms with van der Waals surface area (Å²) in [7, 11) is 0. The number of carbonyl (C=O) groups excluding carboxylic acids is 1. The minimum absolute atomic E-state index is 0.170. The Hall–Kier alpha value is -2.21. The molecule has 1 saturated heterocycles. The van der Waals surface area contributed by atoms with Gasteiger partial charge in [0, 0.05) is 25.1 Å². The van der Waals surface area contributed by atoms with Crippen molar-refractivity contribution >= 4 is 5.91 Å². The molecule has 1 amide bonds. The van der Waals surface area contributed by atoms with E-state index >= 15 is 0 Å². The van der Waals surface area contributed by atoms with Crippen LogP contribution in [-0.4, -0.2) is 35.7 Å². The second-order valence-electron chi connectivity index (χ2n) is 7.80. The van der Waals surface area contributed by atoms with E-state index in [1.165, 1.54) is 24.8 Å². The van der Waals surface area contributed by atoms with E-state index in [4.69, 9.17) is 4.52 Å². The van der Waals surface area contributed by atoms with Gasteiger partial charge in [0.05, 0.1) is 5.41 Å². The lowest BCUT2D eigenvalue weighted by molar-refractivity contribution is -0.133. The van der Waals surface area contributed by atoms with Crippen LogP contribution in [0.2, 0.25) is 0 Å². The predicted molar refractivity (Wildman–Crippen MR) is 103 cm³/mol. The molecular formula is C21H28N4O2. The zero-order valence-corrected chi connectivity index (χ0v) is 16.0. The highest BCUT2D eigenvalue weighted by Gasteiger charge is 2.49. The summed E-state index contributed by atoms with van der Waals surface area (Å²) in [5.74, 6) is 2.03. The van der Waals surface area contributed by atoms with Gasteiger partial charge < -0.3 is 15.2 Å². The average molecular weight is 368 g/mol. The van der Waals surface area contributed by atoms with Crippen molar-refractivity contribution in [2.45, 2.75) is 45.4 Å². The van der Waals surface area contributed by atoms with E-state index in [9.17, 15) is 4.79 Å². The summed E-state index contributed by atoms with van der Waals surface area (Å²) in [6.45, 7) is 4.50. The Morgan fingerprint density at radius 3 is 2.96 bits per heavy atom. The SMILES string of the molecule is CCc1noc(-c2ccc(CCNC(=O)[C@@]34CCCC[C@H]3CNC4)cc2)n1. The lowest BCUT2D eigenvalue weighted by Crippen LogP contribution is -2.48. The van der Waals surface area contributed by atoms with Gasteiger partial charge in [-0.15, -0.1) is 0 Å². The predicted octanol–water partition coefficient (Wildman–Crippen LogP) is 2.74. The third kappa shape index (κ3) is 3.63. The van der Waals surface area contributed by atoms with Crippen LogP contribution in [0.3, 0.4) is 0 Å². The lowest BCUT2D eigenvalue weighted by Gasteiger charge is -2.37. The van der Waals surface area contributed by atoms with Gasteiger partial charge in [-0.2, -0.15) is 4.98 Å². The molecule has 4 rings (SSSR count). The highest BCUT2D eigenvalue weighted by Crippen LogP contribution is 2.43. The molecule has 0 bridgehead atoms. The molecule has 1 aliphatic carbocycles. The van der Waals surface area contributed by atoms with Gasteiger partial charge in [0.1, 0.15) is 0 Å². The fourth-order valence-electron chi connectivity index (χ4n) is 4.52. The number of hydrogen-bond acceptors (Lipinski definition) is 5. The fraction of sp³-hybridized carbons (Fsp3) is 0.571. The maximum absolute atomic E-state index is 12.9. The normalized spacial score (nSPS) is 24.6. The average Bonchev–Trinajstić information content (AvgIpc) is 3.36. The number of benzene rings is 1.